The summed E-state index contributed by atoms with van der Waals surface area (Å²) in [6, 6.07) is 3.85. The third kappa shape index (κ3) is 3.25. The zero-order valence-electron chi connectivity index (χ0n) is 12.2. The first-order valence-electron chi connectivity index (χ1n) is 7.32. The van der Waals surface area contributed by atoms with Crippen molar-refractivity contribution < 1.29 is 4.79 Å². The zero-order chi connectivity index (χ0) is 15.5. The molecule has 1 N–H and O–H groups in total. The molecular formula is C16H18ClN3OS. The number of amides is 1. The zero-order valence-corrected chi connectivity index (χ0v) is 13.8. The van der Waals surface area contributed by atoms with Gasteiger partial charge in [0.05, 0.1) is 17.1 Å². The molecule has 1 aliphatic rings. The van der Waals surface area contributed by atoms with Crippen molar-refractivity contribution in [3.63, 3.8) is 0 Å². The maximum Gasteiger partial charge on any atom is 0.226 e. The second kappa shape index (κ2) is 6.67. The molecule has 4 nitrogen and oxygen atoms in total. The molecule has 116 valence electrons. The molecule has 0 fully saturated rings. The van der Waals surface area contributed by atoms with Gasteiger partial charge < -0.3 is 4.90 Å². The van der Waals surface area contributed by atoms with Crippen molar-refractivity contribution >= 4 is 28.8 Å². The molecule has 0 aromatic carbocycles. The van der Waals surface area contributed by atoms with Gasteiger partial charge in [0, 0.05) is 23.0 Å². The van der Waals surface area contributed by atoms with Crippen molar-refractivity contribution in [2.45, 2.75) is 25.8 Å². The Labute approximate surface area is 138 Å². The monoisotopic (exact) mass is 335 g/mol. The first-order valence-corrected chi connectivity index (χ1v) is 8.52. The Morgan fingerprint density at radius 3 is 3.18 bits per heavy atom. The topological polar surface area (TPSA) is 49.0 Å². The average molecular weight is 336 g/mol. The molecule has 0 saturated carbocycles. The van der Waals surface area contributed by atoms with E-state index in [1.807, 2.05) is 23.2 Å². The van der Waals surface area contributed by atoms with Gasteiger partial charge in [-0.05, 0) is 37.0 Å². The normalized spacial score (nSPS) is 17.0. The van der Waals surface area contributed by atoms with Crippen LogP contribution in [0.3, 0.4) is 0 Å². The first kappa shape index (κ1) is 15.3. The van der Waals surface area contributed by atoms with Gasteiger partial charge in [0.25, 0.3) is 0 Å². The average Bonchev–Trinajstić information content (AvgIpc) is 3.14. The predicted molar refractivity (Wildman–Crippen MR) is 89.0 cm³/mol. The predicted octanol–water partition coefficient (Wildman–Crippen LogP) is 3.44. The number of rotatable bonds is 5. The highest BCUT2D eigenvalue weighted by Gasteiger charge is 2.29. The first-order chi connectivity index (χ1) is 10.7. The molecule has 22 heavy (non-hydrogen) atoms. The van der Waals surface area contributed by atoms with E-state index in [0.717, 1.165) is 28.5 Å². The van der Waals surface area contributed by atoms with Gasteiger partial charge in [0.1, 0.15) is 0 Å². The summed E-state index contributed by atoms with van der Waals surface area (Å²) in [4.78, 5) is 15.8. The van der Waals surface area contributed by atoms with Crippen LogP contribution in [0.2, 0.25) is 4.34 Å². The number of carbonyl (C=O) groups excluding carboxylic acids is 1. The highest BCUT2D eigenvalue weighted by atomic mass is 35.5. The molecule has 1 amide bonds. The van der Waals surface area contributed by atoms with E-state index in [2.05, 4.69) is 16.8 Å². The number of hydrogen-bond donors (Lipinski definition) is 1. The molecule has 6 heteroatoms. The number of nitrogens with one attached hydrogen (secondary N) is 1. The number of thiophene rings is 1. The minimum atomic E-state index is 0.0282. The largest absolute Gasteiger partial charge is 0.334 e. The fourth-order valence-corrected chi connectivity index (χ4v) is 4.00. The van der Waals surface area contributed by atoms with Gasteiger partial charge in [-0.2, -0.15) is 5.10 Å². The Kier molecular flexibility index (Phi) is 4.64. The lowest BCUT2D eigenvalue weighted by Gasteiger charge is -2.28. The Bertz CT molecular complexity index is 678. The summed E-state index contributed by atoms with van der Waals surface area (Å²) in [6.45, 7) is 4.92. The molecule has 0 aliphatic heterocycles. The van der Waals surface area contributed by atoms with E-state index in [0.29, 0.717) is 13.1 Å². The highest BCUT2D eigenvalue weighted by molar-refractivity contribution is 7.16. The van der Waals surface area contributed by atoms with Crippen LogP contribution >= 0.6 is 22.9 Å². The maximum absolute atomic E-state index is 12.9. The SMILES string of the molecule is C=CCN(Cc1ccc(Cl)s1)C(=O)C1CCc2[nH]ncc2C1. The molecule has 0 spiro atoms. The van der Waals surface area contributed by atoms with Gasteiger partial charge in [-0.3, -0.25) is 9.89 Å². The van der Waals surface area contributed by atoms with E-state index in [1.165, 1.54) is 22.6 Å². The molecule has 0 saturated heterocycles. The maximum atomic E-state index is 12.9. The lowest BCUT2D eigenvalue weighted by atomic mass is 9.87. The number of aromatic nitrogens is 2. The van der Waals surface area contributed by atoms with Crippen LogP contribution in [-0.2, 0) is 24.2 Å². The summed E-state index contributed by atoms with van der Waals surface area (Å²) in [5, 5.41) is 7.08. The Morgan fingerprint density at radius 2 is 2.45 bits per heavy atom. The molecular weight excluding hydrogens is 318 g/mol. The van der Waals surface area contributed by atoms with E-state index < -0.39 is 0 Å². The minimum absolute atomic E-state index is 0.0282. The summed E-state index contributed by atoms with van der Waals surface area (Å²) in [5.41, 5.74) is 2.34. The van der Waals surface area contributed by atoms with E-state index in [1.54, 1.807) is 6.08 Å². The van der Waals surface area contributed by atoms with Gasteiger partial charge in [0.15, 0.2) is 0 Å². The van der Waals surface area contributed by atoms with Crippen LogP contribution in [0.25, 0.3) is 0 Å². The lowest BCUT2D eigenvalue weighted by molar-refractivity contribution is -0.136. The summed E-state index contributed by atoms with van der Waals surface area (Å²) < 4.78 is 0.752. The van der Waals surface area contributed by atoms with Crippen molar-refractivity contribution in [3.8, 4) is 0 Å². The summed E-state index contributed by atoms with van der Waals surface area (Å²) in [6.07, 6.45) is 6.14. The fourth-order valence-electron chi connectivity index (χ4n) is 2.90. The minimum Gasteiger partial charge on any atom is -0.334 e. The van der Waals surface area contributed by atoms with Crippen molar-refractivity contribution in [2.75, 3.05) is 6.54 Å². The van der Waals surface area contributed by atoms with E-state index in [-0.39, 0.29) is 11.8 Å². The summed E-state index contributed by atoms with van der Waals surface area (Å²) in [5.74, 6) is 0.219. The smallest absolute Gasteiger partial charge is 0.226 e. The molecule has 2 aromatic rings. The van der Waals surface area contributed by atoms with E-state index in [9.17, 15) is 4.79 Å². The number of aryl methyl sites for hydroxylation is 1. The van der Waals surface area contributed by atoms with Crippen molar-refractivity contribution in [1.82, 2.24) is 15.1 Å². The van der Waals surface area contributed by atoms with Crippen LogP contribution in [0.4, 0.5) is 0 Å². The lowest BCUT2D eigenvalue weighted by Crippen LogP contribution is -2.37. The number of halogens is 1. The molecule has 1 unspecified atom stereocenters. The molecule has 3 rings (SSSR count). The van der Waals surface area contributed by atoms with Crippen LogP contribution in [0.5, 0.6) is 0 Å². The number of nitrogens with zero attached hydrogens (tertiary/aromatic N) is 2. The van der Waals surface area contributed by atoms with Gasteiger partial charge in [0.2, 0.25) is 5.91 Å². The molecule has 1 aliphatic carbocycles. The second-order valence-electron chi connectivity index (χ2n) is 5.53. The van der Waals surface area contributed by atoms with Gasteiger partial charge in [-0.15, -0.1) is 17.9 Å². The van der Waals surface area contributed by atoms with Crippen LogP contribution < -0.4 is 0 Å². The summed E-state index contributed by atoms with van der Waals surface area (Å²) >= 11 is 7.50. The van der Waals surface area contributed by atoms with Gasteiger partial charge >= 0.3 is 0 Å². The Balaban J connectivity index is 1.71. The molecule has 0 bridgehead atoms. The van der Waals surface area contributed by atoms with Crippen molar-refractivity contribution in [1.29, 1.82) is 0 Å². The standard InChI is InChI=1S/C16H18ClN3OS/c1-2-7-20(10-13-4-6-15(17)22-13)16(21)11-3-5-14-12(8-11)9-18-19-14/h2,4,6,9,11H,1,3,5,7-8,10H2,(H,18,19). The van der Waals surface area contributed by atoms with E-state index in [4.69, 9.17) is 11.6 Å². The molecule has 0 radical (unpaired) electrons. The number of hydrogen-bond acceptors (Lipinski definition) is 3. The van der Waals surface area contributed by atoms with Crippen molar-refractivity contribution in [2.24, 2.45) is 5.92 Å². The molecule has 2 heterocycles. The van der Waals surface area contributed by atoms with Crippen LogP contribution in [-0.4, -0.2) is 27.5 Å². The molecule has 2 aromatic heterocycles. The van der Waals surface area contributed by atoms with Crippen LogP contribution in [0.1, 0.15) is 22.6 Å². The van der Waals surface area contributed by atoms with Crippen molar-refractivity contribution in [3.05, 3.63) is 51.5 Å². The van der Waals surface area contributed by atoms with Crippen LogP contribution in [0.15, 0.2) is 31.0 Å². The third-order valence-electron chi connectivity index (χ3n) is 4.00. The third-order valence-corrected chi connectivity index (χ3v) is 5.22. The van der Waals surface area contributed by atoms with Gasteiger partial charge in [-0.1, -0.05) is 17.7 Å². The summed E-state index contributed by atoms with van der Waals surface area (Å²) in [7, 11) is 0. The Hall–Kier alpha value is -1.59. The van der Waals surface area contributed by atoms with E-state index >= 15 is 0 Å². The second-order valence-corrected chi connectivity index (χ2v) is 7.33. The van der Waals surface area contributed by atoms with Crippen LogP contribution in [0, 0.1) is 5.92 Å². The number of H-pyrrole nitrogens is 1. The fraction of sp³-hybridized carbons (Fsp3) is 0.375. The highest BCUT2D eigenvalue weighted by Crippen LogP contribution is 2.27. The number of fused-ring (bicyclic) bond motifs is 1. The number of aromatic amines is 1. The molecule has 1 atom stereocenters. The number of carbonyl (C=O) groups is 1. The van der Waals surface area contributed by atoms with Gasteiger partial charge in [-0.25, -0.2) is 0 Å². The Morgan fingerprint density at radius 1 is 1.59 bits per heavy atom. The quantitative estimate of drug-likeness (QED) is 0.851.